The van der Waals surface area contributed by atoms with E-state index < -0.39 is 10.0 Å². The number of nitrogens with zero attached hydrogens (tertiary/aromatic N) is 1. The summed E-state index contributed by atoms with van der Waals surface area (Å²) in [6.45, 7) is 0.818. The highest BCUT2D eigenvalue weighted by atomic mass is 32.2. The van der Waals surface area contributed by atoms with Crippen LogP contribution < -0.4 is 5.32 Å². The molecule has 1 amide bonds. The molecule has 0 fully saturated rings. The molecule has 0 saturated carbocycles. The highest BCUT2D eigenvalue weighted by Crippen LogP contribution is 2.05. The van der Waals surface area contributed by atoms with Gasteiger partial charge in [-0.05, 0) is 24.1 Å². The van der Waals surface area contributed by atoms with Gasteiger partial charge in [0.25, 0.3) is 5.91 Å². The molecule has 1 N–H and O–H groups in total. The van der Waals surface area contributed by atoms with Gasteiger partial charge in [-0.25, -0.2) is 12.7 Å². The molecule has 0 spiro atoms. The lowest BCUT2D eigenvalue weighted by atomic mass is 10.1. The van der Waals surface area contributed by atoms with Crippen molar-refractivity contribution in [3.63, 3.8) is 0 Å². The van der Waals surface area contributed by atoms with Crippen molar-refractivity contribution in [2.75, 3.05) is 25.9 Å². The maximum absolute atomic E-state index is 11.9. The van der Waals surface area contributed by atoms with E-state index in [1.54, 1.807) is 12.1 Å². The summed E-state index contributed by atoms with van der Waals surface area (Å²) in [6.07, 6.45) is 3.21. The number of hydrogen-bond donors (Lipinski definition) is 1. The summed E-state index contributed by atoms with van der Waals surface area (Å²) in [6, 6.07) is 12.9. The molecule has 0 radical (unpaired) electrons. The third-order valence-electron chi connectivity index (χ3n) is 3.35. The summed E-state index contributed by atoms with van der Waals surface area (Å²) in [4.78, 5) is 11.7. The standard InChI is InChI=1S/C16H20N2O4S/c1-23(20,21)18(11-9-14-6-3-2-4-7-14)12-10-17-16(19)15-8-5-13-22-15/h2-8,13H,9-12H2,1H3,(H,17,19). The van der Waals surface area contributed by atoms with Crippen LogP contribution in [-0.4, -0.2) is 44.5 Å². The molecule has 0 unspecified atom stereocenters. The Balaban J connectivity index is 1.85. The average molecular weight is 336 g/mol. The fourth-order valence-corrected chi connectivity index (χ4v) is 2.98. The largest absolute Gasteiger partial charge is 0.459 e. The molecule has 0 bridgehead atoms. The molecule has 0 aliphatic heterocycles. The van der Waals surface area contributed by atoms with Gasteiger partial charge in [0.05, 0.1) is 12.5 Å². The van der Waals surface area contributed by atoms with Gasteiger partial charge < -0.3 is 9.73 Å². The quantitative estimate of drug-likeness (QED) is 0.792. The third kappa shape index (κ3) is 5.54. The van der Waals surface area contributed by atoms with E-state index in [-0.39, 0.29) is 24.8 Å². The minimum atomic E-state index is -3.33. The van der Waals surface area contributed by atoms with Crippen LogP contribution in [0.5, 0.6) is 0 Å². The Kier molecular flexibility index (Phi) is 5.95. The molecule has 0 atom stereocenters. The third-order valence-corrected chi connectivity index (χ3v) is 4.66. The molecular formula is C16H20N2O4S. The molecule has 1 aromatic heterocycles. The Labute approximate surface area is 136 Å². The first-order valence-electron chi connectivity index (χ1n) is 7.27. The summed E-state index contributed by atoms with van der Waals surface area (Å²) in [7, 11) is -3.33. The number of nitrogens with one attached hydrogen (secondary N) is 1. The van der Waals surface area contributed by atoms with Crippen LogP contribution >= 0.6 is 0 Å². The number of amides is 1. The maximum atomic E-state index is 11.9. The minimum absolute atomic E-state index is 0.209. The van der Waals surface area contributed by atoms with Crippen molar-refractivity contribution in [3.05, 3.63) is 60.1 Å². The molecule has 0 saturated heterocycles. The Morgan fingerprint density at radius 2 is 1.87 bits per heavy atom. The summed E-state index contributed by atoms with van der Waals surface area (Å²) in [5.74, 6) is -0.147. The SMILES string of the molecule is CS(=O)(=O)N(CCNC(=O)c1ccco1)CCc1ccccc1. The Bertz CT molecular complexity index is 712. The summed E-state index contributed by atoms with van der Waals surface area (Å²) in [5, 5.41) is 2.65. The van der Waals surface area contributed by atoms with Gasteiger partial charge in [0, 0.05) is 19.6 Å². The predicted octanol–water partition coefficient (Wildman–Crippen LogP) is 1.51. The van der Waals surface area contributed by atoms with E-state index in [4.69, 9.17) is 4.42 Å². The Morgan fingerprint density at radius 3 is 2.48 bits per heavy atom. The lowest BCUT2D eigenvalue weighted by Crippen LogP contribution is -2.39. The van der Waals surface area contributed by atoms with E-state index in [1.807, 2.05) is 30.3 Å². The second-order valence-corrected chi connectivity index (χ2v) is 7.11. The molecule has 2 rings (SSSR count). The topological polar surface area (TPSA) is 79.6 Å². The van der Waals surface area contributed by atoms with Crippen molar-refractivity contribution >= 4 is 15.9 Å². The van der Waals surface area contributed by atoms with Crippen molar-refractivity contribution in [3.8, 4) is 0 Å². The summed E-state index contributed by atoms with van der Waals surface area (Å²) >= 11 is 0. The molecule has 7 heteroatoms. The zero-order valence-corrected chi connectivity index (χ0v) is 13.8. The van der Waals surface area contributed by atoms with E-state index in [9.17, 15) is 13.2 Å². The Morgan fingerprint density at radius 1 is 1.13 bits per heavy atom. The van der Waals surface area contributed by atoms with Gasteiger partial charge in [0.2, 0.25) is 10.0 Å². The van der Waals surface area contributed by atoms with Gasteiger partial charge >= 0.3 is 0 Å². The molecule has 0 aliphatic carbocycles. The smallest absolute Gasteiger partial charge is 0.287 e. The van der Waals surface area contributed by atoms with Gasteiger partial charge in [-0.15, -0.1) is 0 Å². The van der Waals surface area contributed by atoms with Crippen molar-refractivity contribution in [1.29, 1.82) is 0 Å². The van der Waals surface area contributed by atoms with E-state index in [2.05, 4.69) is 5.32 Å². The zero-order chi connectivity index (χ0) is 16.7. The number of rotatable bonds is 8. The van der Waals surface area contributed by atoms with Crippen LogP contribution in [0.2, 0.25) is 0 Å². The van der Waals surface area contributed by atoms with Crippen molar-refractivity contribution < 1.29 is 17.6 Å². The van der Waals surface area contributed by atoms with Gasteiger partial charge in [-0.2, -0.15) is 0 Å². The van der Waals surface area contributed by atoms with Crippen LogP contribution in [0, 0.1) is 0 Å². The second-order valence-electron chi connectivity index (χ2n) is 5.13. The Hall–Kier alpha value is -2.12. The first kappa shape index (κ1) is 17.2. The maximum Gasteiger partial charge on any atom is 0.287 e. The van der Waals surface area contributed by atoms with E-state index in [0.29, 0.717) is 13.0 Å². The number of hydrogen-bond acceptors (Lipinski definition) is 4. The highest BCUT2D eigenvalue weighted by molar-refractivity contribution is 7.88. The molecule has 0 aliphatic rings. The first-order valence-corrected chi connectivity index (χ1v) is 9.12. The molecule has 6 nitrogen and oxygen atoms in total. The number of sulfonamides is 1. The number of carbonyl (C=O) groups is 1. The normalized spacial score (nSPS) is 11.6. The van der Waals surface area contributed by atoms with Gasteiger partial charge in [0.1, 0.15) is 0 Å². The second kappa shape index (κ2) is 7.94. The van der Waals surface area contributed by atoms with Crippen LogP contribution in [-0.2, 0) is 16.4 Å². The van der Waals surface area contributed by atoms with E-state index in [0.717, 1.165) is 5.56 Å². The minimum Gasteiger partial charge on any atom is -0.459 e. The predicted molar refractivity (Wildman–Crippen MR) is 87.6 cm³/mol. The number of furan rings is 1. The van der Waals surface area contributed by atoms with Gasteiger partial charge in [-0.1, -0.05) is 30.3 Å². The van der Waals surface area contributed by atoms with Crippen LogP contribution in [0.1, 0.15) is 16.1 Å². The molecule has 1 aromatic carbocycles. The highest BCUT2D eigenvalue weighted by Gasteiger charge is 2.17. The number of carbonyl (C=O) groups excluding carboxylic acids is 1. The molecule has 124 valence electrons. The zero-order valence-electron chi connectivity index (χ0n) is 12.9. The number of benzene rings is 1. The van der Waals surface area contributed by atoms with Crippen LogP contribution in [0.15, 0.2) is 53.1 Å². The molecule has 2 aromatic rings. The monoisotopic (exact) mass is 336 g/mol. The first-order chi connectivity index (χ1) is 11.0. The van der Waals surface area contributed by atoms with E-state index >= 15 is 0 Å². The molecule has 23 heavy (non-hydrogen) atoms. The van der Waals surface area contributed by atoms with Crippen LogP contribution in [0.25, 0.3) is 0 Å². The average Bonchev–Trinajstić information content (AvgIpc) is 3.04. The van der Waals surface area contributed by atoms with Crippen LogP contribution in [0.3, 0.4) is 0 Å². The lowest BCUT2D eigenvalue weighted by molar-refractivity contribution is 0.0924. The molecular weight excluding hydrogens is 316 g/mol. The summed E-state index contributed by atoms with van der Waals surface area (Å²) in [5.41, 5.74) is 1.07. The molecule has 1 heterocycles. The van der Waals surface area contributed by atoms with Crippen LogP contribution in [0.4, 0.5) is 0 Å². The van der Waals surface area contributed by atoms with Crippen molar-refractivity contribution in [2.24, 2.45) is 0 Å². The van der Waals surface area contributed by atoms with E-state index in [1.165, 1.54) is 16.8 Å². The lowest BCUT2D eigenvalue weighted by Gasteiger charge is -2.20. The van der Waals surface area contributed by atoms with Gasteiger partial charge in [0.15, 0.2) is 5.76 Å². The van der Waals surface area contributed by atoms with Crippen molar-refractivity contribution in [1.82, 2.24) is 9.62 Å². The fourth-order valence-electron chi connectivity index (χ4n) is 2.13. The van der Waals surface area contributed by atoms with Gasteiger partial charge in [-0.3, -0.25) is 4.79 Å². The fraction of sp³-hybridized carbons (Fsp3) is 0.312. The summed E-state index contributed by atoms with van der Waals surface area (Å²) < 4.78 is 30.0. The van der Waals surface area contributed by atoms with Crippen molar-refractivity contribution in [2.45, 2.75) is 6.42 Å².